The molecule has 7 heteroatoms. The molecule has 2 heterocycles. The molecule has 1 aliphatic rings. The molecule has 1 aromatic heterocycles. The van der Waals surface area contributed by atoms with E-state index in [4.69, 9.17) is 0 Å². The van der Waals surface area contributed by atoms with Gasteiger partial charge in [0.2, 0.25) is 5.91 Å². The van der Waals surface area contributed by atoms with Crippen LogP contribution >= 0.6 is 0 Å². The van der Waals surface area contributed by atoms with Crippen LogP contribution in [0.5, 0.6) is 0 Å². The average molecular weight is 418 g/mol. The molecule has 31 heavy (non-hydrogen) atoms. The van der Waals surface area contributed by atoms with Crippen LogP contribution in [-0.2, 0) is 24.2 Å². The number of nitrogens with zero attached hydrogens (tertiary/aromatic N) is 4. The Balaban J connectivity index is 1.21. The lowest BCUT2D eigenvalue weighted by atomic mass is 10.1. The Morgan fingerprint density at radius 1 is 0.968 bits per heavy atom. The lowest BCUT2D eigenvalue weighted by Crippen LogP contribution is -2.32. The molecule has 3 aromatic rings. The second kappa shape index (κ2) is 10.0. The number of nitrogens with one attached hydrogen (secondary N) is 1. The third kappa shape index (κ3) is 5.78. The summed E-state index contributed by atoms with van der Waals surface area (Å²) in [7, 11) is 0. The molecule has 160 valence electrons. The summed E-state index contributed by atoms with van der Waals surface area (Å²) in [5.74, 6) is 0.0310. The van der Waals surface area contributed by atoms with Crippen molar-refractivity contribution in [3.8, 4) is 0 Å². The molecule has 1 atom stereocenters. The summed E-state index contributed by atoms with van der Waals surface area (Å²) in [4.78, 5) is 26.6. The van der Waals surface area contributed by atoms with Gasteiger partial charge in [0.15, 0.2) is 5.69 Å². The van der Waals surface area contributed by atoms with Crippen LogP contribution in [-0.4, -0.2) is 51.3 Å². The van der Waals surface area contributed by atoms with Crippen molar-refractivity contribution in [1.29, 1.82) is 0 Å². The summed E-state index contributed by atoms with van der Waals surface area (Å²) in [6.45, 7) is 2.51. The molecule has 7 nitrogen and oxygen atoms in total. The van der Waals surface area contributed by atoms with Crippen molar-refractivity contribution in [3.63, 3.8) is 0 Å². The standard InChI is InChI=1S/C24H27N5O2/c30-23-15-21(17-28(23)13-11-19-7-3-1-4-8-19)16-25-24(31)22-18-29(27-26-22)14-12-20-9-5-2-6-10-20/h1-10,18,21H,11-17H2,(H,25,31). The van der Waals surface area contributed by atoms with E-state index in [1.54, 1.807) is 10.9 Å². The summed E-state index contributed by atoms with van der Waals surface area (Å²) in [5, 5.41) is 11.0. The third-order valence-corrected chi connectivity index (χ3v) is 5.60. The molecule has 0 radical (unpaired) electrons. The van der Waals surface area contributed by atoms with Crippen LogP contribution in [0.25, 0.3) is 0 Å². The van der Waals surface area contributed by atoms with Gasteiger partial charge >= 0.3 is 0 Å². The van der Waals surface area contributed by atoms with Crippen LogP contribution in [0.2, 0.25) is 0 Å². The topological polar surface area (TPSA) is 80.1 Å². The molecule has 1 N–H and O–H groups in total. The van der Waals surface area contributed by atoms with E-state index >= 15 is 0 Å². The molecular weight excluding hydrogens is 390 g/mol. The van der Waals surface area contributed by atoms with Crippen molar-refractivity contribution in [2.24, 2.45) is 5.92 Å². The van der Waals surface area contributed by atoms with E-state index in [-0.39, 0.29) is 17.7 Å². The Hall–Kier alpha value is -3.48. The van der Waals surface area contributed by atoms with E-state index in [1.165, 1.54) is 11.1 Å². The van der Waals surface area contributed by atoms with Crippen LogP contribution in [0.3, 0.4) is 0 Å². The molecule has 2 aromatic carbocycles. The van der Waals surface area contributed by atoms with Gasteiger partial charge in [-0.05, 0) is 24.0 Å². The number of hydrogen-bond donors (Lipinski definition) is 1. The van der Waals surface area contributed by atoms with E-state index in [1.807, 2.05) is 41.3 Å². The summed E-state index contributed by atoms with van der Waals surface area (Å²) in [6.07, 6.45) is 3.81. The van der Waals surface area contributed by atoms with E-state index < -0.39 is 0 Å². The highest BCUT2D eigenvalue weighted by molar-refractivity contribution is 5.91. The largest absolute Gasteiger partial charge is 0.350 e. The Kier molecular flexibility index (Phi) is 6.72. The van der Waals surface area contributed by atoms with E-state index in [9.17, 15) is 9.59 Å². The third-order valence-electron chi connectivity index (χ3n) is 5.60. The zero-order chi connectivity index (χ0) is 21.5. The maximum atomic E-state index is 12.4. The first-order valence-electron chi connectivity index (χ1n) is 10.7. The van der Waals surface area contributed by atoms with Gasteiger partial charge in [-0.25, -0.2) is 0 Å². The first kappa shape index (κ1) is 20.8. The minimum atomic E-state index is -0.249. The van der Waals surface area contributed by atoms with Crippen molar-refractivity contribution in [3.05, 3.63) is 83.7 Å². The van der Waals surface area contributed by atoms with E-state index in [0.29, 0.717) is 38.3 Å². The molecule has 1 fully saturated rings. The van der Waals surface area contributed by atoms with Gasteiger partial charge in [0.25, 0.3) is 5.91 Å². The first-order chi connectivity index (χ1) is 15.2. The molecule has 1 unspecified atom stereocenters. The van der Waals surface area contributed by atoms with E-state index in [0.717, 1.165) is 12.8 Å². The lowest BCUT2D eigenvalue weighted by molar-refractivity contribution is -0.127. The van der Waals surface area contributed by atoms with Gasteiger partial charge in [0, 0.05) is 38.5 Å². The zero-order valence-electron chi connectivity index (χ0n) is 17.5. The number of rotatable bonds is 9. The number of carbonyl (C=O) groups is 2. The summed E-state index contributed by atoms with van der Waals surface area (Å²) in [5.41, 5.74) is 2.74. The van der Waals surface area contributed by atoms with Crippen molar-refractivity contribution in [2.45, 2.75) is 25.8 Å². The molecule has 1 saturated heterocycles. The Bertz CT molecular complexity index is 1000. The molecule has 0 aliphatic carbocycles. The summed E-state index contributed by atoms with van der Waals surface area (Å²) in [6, 6.07) is 20.3. The number of likely N-dealkylation sites (tertiary alicyclic amines) is 1. The monoisotopic (exact) mass is 417 g/mol. The fraction of sp³-hybridized carbons (Fsp3) is 0.333. The number of hydrogen-bond acceptors (Lipinski definition) is 4. The highest BCUT2D eigenvalue weighted by Crippen LogP contribution is 2.17. The fourth-order valence-electron chi connectivity index (χ4n) is 3.84. The summed E-state index contributed by atoms with van der Waals surface area (Å²) < 4.78 is 1.69. The molecule has 0 saturated carbocycles. The van der Waals surface area contributed by atoms with Gasteiger partial charge in [-0.3, -0.25) is 14.3 Å². The number of carbonyl (C=O) groups excluding carboxylic acids is 2. The average Bonchev–Trinajstić information content (AvgIpc) is 3.42. The van der Waals surface area contributed by atoms with Crippen molar-refractivity contribution in [2.75, 3.05) is 19.6 Å². The SMILES string of the molecule is O=C(NCC1CC(=O)N(CCc2ccccc2)C1)c1cn(CCc2ccccc2)nn1. The maximum absolute atomic E-state index is 12.4. The molecule has 2 amide bonds. The van der Waals surface area contributed by atoms with Gasteiger partial charge in [-0.1, -0.05) is 65.9 Å². The van der Waals surface area contributed by atoms with Crippen LogP contribution in [0, 0.1) is 5.92 Å². The van der Waals surface area contributed by atoms with Crippen molar-refractivity contribution >= 4 is 11.8 Å². The number of aromatic nitrogens is 3. The van der Waals surface area contributed by atoms with Crippen molar-refractivity contribution in [1.82, 2.24) is 25.2 Å². The number of aryl methyl sites for hydroxylation is 2. The Morgan fingerprint density at radius 3 is 2.29 bits per heavy atom. The minimum absolute atomic E-state index is 0.125. The quantitative estimate of drug-likeness (QED) is 0.580. The van der Waals surface area contributed by atoms with Crippen LogP contribution < -0.4 is 5.32 Å². The number of benzene rings is 2. The van der Waals surface area contributed by atoms with Gasteiger partial charge in [-0.15, -0.1) is 5.10 Å². The molecule has 0 bridgehead atoms. The van der Waals surface area contributed by atoms with Gasteiger partial charge < -0.3 is 10.2 Å². The van der Waals surface area contributed by atoms with Gasteiger partial charge in [-0.2, -0.15) is 0 Å². The van der Waals surface area contributed by atoms with Gasteiger partial charge in [0.1, 0.15) is 0 Å². The molecule has 4 rings (SSSR count). The first-order valence-corrected chi connectivity index (χ1v) is 10.7. The normalized spacial score (nSPS) is 15.9. The van der Waals surface area contributed by atoms with Crippen molar-refractivity contribution < 1.29 is 9.59 Å². The van der Waals surface area contributed by atoms with Crippen LogP contribution in [0.4, 0.5) is 0 Å². The molecule has 0 spiro atoms. The predicted molar refractivity (Wildman–Crippen MR) is 117 cm³/mol. The highest BCUT2D eigenvalue weighted by Gasteiger charge is 2.29. The Morgan fingerprint density at radius 2 is 1.61 bits per heavy atom. The molecule has 1 aliphatic heterocycles. The number of amides is 2. The maximum Gasteiger partial charge on any atom is 0.273 e. The predicted octanol–water partition coefficient (Wildman–Crippen LogP) is 2.34. The lowest BCUT2D eigenvalue weighted by Gasteiger charge is -2.16. The second-order valence-electron chi connectivity index (χ2n) is 7.96. The Labute approximate surface area is 182 Å². The van der Waals surface area contributed by atoms with Gasteiger partial charge in [0.05, 0.1) is 6.20 Å². The van der Waals surface area contributed by atoms with Crippen LogP contribution in [0.1, 0.15) is 28.0 Å². The fourth-order valence-corrected chi connectivity index (χ4v) is 3.84. The smallest absolute Gasteiger partial charge is 0.273 e. The minimum Gasteiger partial charge on any atom is -0.350 e. The zero-order valence-corrected chi connectivity index (χ0v) is 17.5. The molecular formula is C24H27N5O2. The second-order valence-corrected chi connectivity index (χ2v) is 7.96. The van der Waals surface area contributed by atoms with Crippen LogP contribution in [0.15, 0.2) is 66.9 Å². The highest BCUT2D eigenvalue weighted by atomic mass is 16.2. The van der Waals surface area contributed by atoms with E-state index in [2.05, 4.69) is 39.9 Å². The summed E-state index contributed by atoms with van der Waals surface area (Å²) >= 11 is 0.